The number of pyridine rings is 1. The topological polar surface area (TPSA) is 65.2 Å². The molecule has 2 aromatic carbocycles. The van der Waals surface area contributed by atoms with Gasteiger partial charge in [0, 0.05) is 42.4 Å². The number of H-pyrrole nitrogens is 1. The highest BCUT2D eigenvalue weighted by molar-refractivity contribution is 5.97. The Bertz CT molecular complexity index is 981. The predicted molar refractivity (Wildman–Crippen MR) is 104 cm³/mol. The van der Waals surface area contributed by atoms with Gasteiger partial charge in [-0.2, -0.15) is 0 Å². The number of amides is 1. The number of anilines is 1. The molecule has 0 bridgehead atoms. The summed E-state index contributed by atoms with van der Waals surface area (Å²) >= 11 is 0. The van der Waals surface area contributed by atoms with E-state index < -0.39 is 0 Å². The van der Waals surface area contributed by atoms with Crippen LogP contribution in [0.3, 0.4) is 0 Å². The number of rotatable bonds is 4. The average Bonchev–Trinajstić information content (AvgIpc) is 3.16. The molecule has 1 saturated heterocycles. The summed E-state index contributed by atoms with van der Waals surface area (Å²) in [5.41, 5.74) is 1.89. The minimum Gasteiger partial charge on any atom is -0.371 e. The summed E-state index contributed by atoms with van der Waals surface area (Å²) in [4.78, 5) is 30.3. The summed E-state index contributed by atoms with van der Waals surface area (Å²) in [7, 11) is 0. The Morgan fingerprint density at radius 3 is 2.73 bits per heavy atom. The maximum Gasteiger partial charge on any atom is 0.256 e. The van der Waals surface area contributed by atoms with E-state index in [-0.39, 0.29) is 16.9 Å². The molecule has 4 rings (SSSR count). The third kappa shape index (κ3) is 3.20. The van der Waals surface area contributed by atoms with Crippen molar-refractivity contribution in [2.45, 2.75) is 6.42 Å². The quantitative estimate of drug-likeness (QED) is 0.763. The maximum atomic E-state index is 12.5. The Morgan fingerprint density at radius 2 is 1.88 bits per heavy atom. The number of aromatic nitrogens is 1. The largest absolute Gasteiger partial charge is 0.371 e. The number of aromatic amines is 1. The van der Waals surface area contributed by atoms with Gasteiger partial charge in [-0.3, -0.25) is 9.59 Å². The molecule has 26 heavy (non-hydrogen) atoms. The highest BCUT2D eigenvalue weighted by Crippen LogP contribution is 2.23. The lowest BCUT2D eigenvalue weighted by Gasteiger charge is -2.18. The van der Waals surface area contributed by atoms with Gasteiger partial charge in [-0.05, 0) is 36.6 Å². The van der Waals surface area contributed by atoms with E-state index in [1.165, 1.54) is 11.9 Å². The van der Waals surface area contributed by atoms with Gasteiger partial charge >= 0.3 is 0 Å². The lowest BCUT2D eigenvalue weighted by atomic mass is 10.1. The van der Waals surface area contributed by atoms with E-state index >= 15 is 0 Å². The van der Waals surface area contributed by atoms with Gasteiger partial charge in [0.05, 0.1) is 0 Å². The molecule has 1 amide bonds. The molecule has 2 N–H and O–H groups in total. The second-order valence-electron chi connectivity index (χ2n) is 6.72. The summed E-state index contributed by atoms with van der Waals surface area (Å²) in [6.45, 7) is 2.48. The number of carbonyl (C=O) groups excluding carboxylic acids is 1. The molecule has 0 saturated carbocycles. The van der Waals surface area contributed by atoms with Crippen molar-refractivity contribution in [2.75, 3.05) is 24.5 Å². The van der Waals surface area contributed by atoms with Crippen molar-refractivity contribution >= 4 is 22.5 Å². The number of hydrogen-bond donors (Lipinski definition) is 2. The van der Waals surface area contributed by atoms with Crippen molar-refractivity contribution in [3.05, 3.63) is 76.6 Å². The normalized spacial score (nSPS) is 16.8. The van der Waals surface area contributed by atoms with E-state index in [9.17, 15) is 9.59 Å². The zero-order valence-electron chi connectivity index (χ0n) is 14.4. The van der Waals surface area contributed by atoms with Crippen LogP contribution in [0.2, 0.25) is 0 Å². The fourth-order valence-electron chi connectivity index (χ4n) is 3.54. The van der Waals surface area contributed by atoms with Crippen molar-refractivity contribution in [1.29, 1.82) is 0 Å². The van der Waals surface area contributed by atoms with E-state index in [1.807, 2.05) is 30.3 Å². The van der Waals surface area contributed by atoms with Crippen LogP contribution in [-0.2, 0) is 0 Å². The number of para-hydroxylation sites is 2. The van der Waals surface area contributed by atoms with Crippen LogP contribution in [0.25, 0.3) is 10.9 Å². The number of hydrogen-bond acceptors (Lipinski definition) is 3. The molecule has 1 aromatic heterocycles. The molecular formula is C21H21N3O2. The lowest BCUT2D eigenvalue weighted by molar-refractivity contribution is 0.0947. The number of carbonyl (C=O) groups is 1. The summed E-state index contributed by atoms with van der Waals surface area (Å²) in [6.07, 6.45) is 2.54. The van der Waals surface area contributed by atoms with Crippen LogP contribution in [-0.4, -0.2) is 30.5 Å². The molecule has 2 heterocycles. The Morgan fingerprint density at radius 1 is 1.12 bits per heavy atom. The van der Waals surface area contributed by atoms with Crippen LogP contribution in [0, 0.1) is 5.92 Å². The molecular weight excluding hydrogens is 326 g/mol. The average molecular weight is 347 g/mol. The van der Waals surface area contributed by atoms with Gasteiger partial charge in [0.1, 0.15) is 5.56 Å². The Kier molecular flexibility index (Phi) is 4.44. The molecule has 0 unspecified atom stereocenters. The fourth-order valence-corrected chi connectivity index (χ4v) is 3.54. The SMILES string of the molecule is O=C(NC[C@@H]1CCN(c2ccccc2)C1)c1c[nH]c2ccccc2c1=O. The fraction of sp³-hybridized carbons (Fsp3) is 0.238. The van der Waals surface area contributed by atoms with Gasteiger partial charge in [0.15, 0.2) is 0 Å². The van der Waals surface area contributed by atoms with Crippen molar-refractivity contribution in [3.63, 3.8) is 0 Å². The van der Waals surface area contributed by atoms with E-state index in [1.54, 1.807) is 12.1 Å². The van der Waals surface area contributed by atoms with E-state index in [0.29, 0.717) is 17.8 Å². The molecule has 5 heteroatoms. The van der Waals surface area contributed by atoms with Crippen LogP contribution in [0.5, 0.6) is 0 Å². The first-order valence-corrected chi connectivity index (χ1v) is 8.91. The first-order chi connectivity index (χ1) is 12.7. The number of nitrogens with zero attached hydrogens (tertiary/aromatic N) is 1. The number of benzene rings is 2. The number of fused-ring (bicyclic) bond motifs is 1. The minimum absolute atomic E-state index is 0.168. The third-order valence-electron chi connectivity index (χ3n) is 4.99. The Balaban J connectivity index is 1.40. The van der Waals surface area contributed by atoms with E-state index in [2.05, 4.69) is 27.3 Å². The molecule has 0 spiro atoms. The van der Waals surface area contributed by atoms with Gasteiger partial charge in [0.25, 0.3) is 5.91 Å². The van der Waals surface area contributed by atoms with Gasteiger partial charge in [0.2, 0.25) is 5.43 Å². The summed E-state index contributed by atoms with van der Waals surface area (Å²) in [6, 6.07) is 17.5. The highest BCUT2D eigenvalue weighted by Gasteiger charge is 2.23. The van der Waals surface area contributed by atoms with Gasteiger partial charge in [-0.15, -0.1) is 0 Å². The standard InChI is InChI=1S/C21H21N3O2/c25-20-17-8-4-5-9-19(17)22-13-18(20)21(26)23-12-15-10-11-24(14-15)16-6-2-1-3-7-16/h1-9,13,15H,10-12,14H2,(H,22,25)(H,23,26)/t15-/m0/s1. The second-order valence-corrected chi connectivity index (χ2v) is 6.72. The second kappa shape index (κ2) is 7.04. The van der Waals surface area contributed by atoms with Gasteiger partial charge in [-0.1, -0.05) is 30.3 Å². The van der Waals surface area contributed by atoms with Crippen LogP contribution in [0.1, 0.15) is 16.8 Å². The van der Waals surface area contributed by atoms with Gasteiger partial charge < -0.3 is 15.2 Å². The molecule has 3 aromatic rings. The van der Waals surface area contributed by atoms with Crippen LogP contribution >= 0.6 is 0 Å². The van der Waals surface area contributed by atoms with E-state index in [0.717, 1.165) is 25.0 Å². The Labute approximate surface area is 151 Å². The van der Waals surface area contributed by atoms with Crippen molar-refractivity contribution in [2.24, 2.45) is 5.92 Å². The van der Waals surface area contributed by atoms with Gasteiger partial charge in [-0.25, -0.2) is 0 Å². The molecule has 0 radical (unpaired) electrons. The first kappa shape index (κ1) is 16.4. The maximum absolute atomic E-state index is 12.5. The molecule has 1 aliphatic rings. The van der Waals surface area contributed by atoms with Crippen LogP contribution < -0.4 is 15.6 Å². The molecule has 0 aliphatic carbocycles. The minimum atomic E-state index is -0.310. The lowest BCUT2D eigenvalue weighted by Crippen LogP contribution is -2.33. The Hall–Kier alpha value is -3.08. The third-order valence-corrected chi connectivity index (χ3v) is 4.99. The zero-order valence-corrected chi connectivity index (χ0v) is 14.4. The molecule has 1 aliphatic heterocycles. The highest BCUT2D eigenvalue weighted by atomic mass is 16.2. The number of nitrogens with one attached hydrogen (secondary N) is 2. The molecule has 5 nitrogen and oxygen atoms in total. The molecule has 1 fully saturated rings. The summed E-state index contributed by atoms with van der Waals surface area (Å²) in [5.74, 6) is 0.0776. The zero-order chi connectivity index (χ0) is 17.9. The summed E-state index contributed by atoms with van der Waals surface area (Å²) < 4.78 is 0. The molecule has 132 valence electrons. The van der Waals surface area contributed by atoms with Crippen molar-refractivity contribution in [1.82, 2.24) is 10.3 Å². The van der Waals surface area contributed by atoms with Crippen molar-refractivity contribution in [3.8, 4) is 0 Å². The summed E-state index contributed by atoms with van der Waals surface area (Å²) in [5, 5.41) is 3.47. The smallest absolute Gasteiger partial charge is 0.256 e. The van der Waals surface area contributed by atoms with Crippen molar-refractivity contribution < 1.29 is 4.79 Å². The molecule has 1 atom stereocenters. The van der Waals surface area contributed by atoms with Crippen LogP contribution in [0.15, 0.2) is 65.6 Å². The monoisotopic (exact) mass is 347 g/mol. The van der Waals surface area contributed by atoms with E-state index in [4.69, 9.17) is 0 Å². The predicted octanol–water partition coefficient (Wildman–Crippen LogP) is 2.78. The van der Waals surface area contributed by atoms with Crippen LogP contribution in [0.4, 0.5) is 5.69 Å². The first-order valence-electron chi connectivity index (χ1n) is 8.91.